The first-order valence-electron chi connectivity index (χ1n) is 13.5. The second-order valence-corrected chi connectivity index (χ2v) is 10.4. The van der Waals surface area contributed by atoms with E-state index < -0.39 is 24.7 Å². The molecule has 10 nitrogen and oxygen atoms in total. The Morgan fingerprint density at radius 3 is 2.36 bits per heavy atom. The van der Waals surface area contributed by atoms with Crippen LogP contribution < -0.4 is 10.6 Å². The van der Waals surface area contributed by atoms with Crippen molar-refractivity contribution in [3.05, 3.63) is 48.0 Å². The van der Waals surface area contributed by atoms with Crippen molar-refractivity contribution >= 4 is 34.5 Å². The van der Waals surface area contributed by atoms with Crippen LogP contribution in [0.1, 0.15) is 45.2 Å². The fraction of sp³-hybridized carbons (Fsp3) is 0.571. The molecule has 4 N–H and O–H groups in total. The van der Waals surface area contributed by atoms with Crippen LogP contribution in [0, 0.1) is 0 Å². The van der Waals surface area contributed by atoms with Gasteiger partial charge in [-0.3, -0.25) is 19.8 Å². The molecule has 11 heteroatoms. The van der Waals surface area contributed by atoms with E-state index in [1.165, 1.54) is 28.3 Å². The van der Waals surface area contributed by atoms with Crippen molar-refractivity contribution in [3.8, 4) is 0 Å². The Labute approximate surface area is 235 Å². The van der Waals surface area contributed by atoms with Crippen molar-refractivity contribution in [1.82, 2.24) is 19.8 Å². The summed E-state index contributed by atoms with van der Waals surface area (Å²) in [6, 6.07) is 15.5. The van der Waals surface area contributed by atoms with E-state index in [1.807, 2.05) is 11.6 Å². The summed E-state index contributed by atoms with van der Waals surface area (Å²) in [5, 5.41) is 27.4. The van der Waals surface area contributed by atoms with E-state index in [9.17, 15) is 19.8 Å². The van der Waals surface area contributed by atoms with E-state index in [1.54, 1.807) is 13.8 Å². The number of carbonyl (C=O) groups is 2. The van der Waals surface area contributed by atoms with Crippen molar-refractivity contribution in [2.24, 2.45) is 0 Å². The first-order chi connectivity index (χ1) is 18.7. The van der Waals surface area contributed by atoms with Gasteiger partial charge in [-0.1, -0.05) is 54.4 Å². The molecular weight excluding hydrogens is 520 g/mol. The summed E-state index contributed by atoms with van der Waals surface area (Å²) in [5.74, 6) is -3.82. The Morgan fingerprint density at radius 1 is 1.08 bits per heavy atom. The molecule has 1 unspecified atom stereocenters. The number of nitrogens with one attached hydrogen (secondary N) is 2. The van der Waals surface area contributed by atoms with Gasteiger partial charge in [-0.25, -0.2) is 4.31 Å². The standard InChI is InChI=1S/C28H42N4O6S/c1-5-37-27(38-6-2)28(35,36)30-25(33)18-29-26(34)19-32(39-4)22-14-16-31(17-15-22)20(3)23-13-9-11-21-10-7-8-12-24(21)23/h7-13,20,22,27,35-36H,5-6,14-19H2,1-4H3,(H,29,34)(H,30,33). The van der Waals surface area contributed by atoms with E-state index in [2.05, 4.69) is 63.9 Å². The molecule has 1 heterocycles. The number of piperidine rings is 1. The molecule has 1 atom stereocenters. The molecule has 1 fully saturated rings. The molecule has 1 saturated heterocycles. The number of hydrogen-bond donors (Lipinski definition) is 4. The number of hydrogen-bond acceptors (Lipinski definition) is 9. The van der Waals surface area contributed by atoms with Gasteiger partial charge in [0.2, 0.25) is 18.1 Å². The first kappa shape index (κ1) is 31.3. The largest absolute Gasteiger partial charge is 0.346 e. The Bertz CT molecular complexity index is 1070. The second-order valence-electron chi connectivity index (χ2n) is 9.56. The minimum Gasteiger partial charge on any atom is -0.346 e. The van der Waals surface area contributed by atoms with Crippen molar-refractivity contribution in [2.45, 2.75) is 57.9 Å². The third-order valence-electron chi connectivity index (χ3n) is 7.00. The lowest BCUT2D eigenvalue weighted by Crippen LogP contribution is -2.60. The van der Waals surface area contributed by atoms with Gasteiger partial charge in [0.05, 0.1) is 13.1 Å². The number of aliphatic hydroxyl groups is 2. The van der Waals surface area contributed by atoms with Gasteiger partial charge in [-0.2, -0.15) is 0 Å². The quantitative estimate of drug-likeness (QED) is 0.203. The van der Waals surface area contributed by atoms with Gasteiger partial charge in [-0.05, 0) is 56.2 Å². The number of amides is 2. The van der Waals surface area contributed by atoms with Crippen LogP contribution in [-0.4, -0.2) is 95.1 Å². The molecule has 216 valence electrons. The van der Waals surface area contributed by atoms with Gasteiger partial charge in [0.25, 0.3) is 0 Å². The predicted molar refractivity (Wildman–Crippen MR) is 153 cm³/mol. The highest BCUT2D eigenvalue weighted by molar-refractivity contribution is 7.96. The molecule has 1 aliphatic rings. The molecule has 0 bridgehead atoms. The number of carbonyl (C=O) groups excluding carboxylic acids is 2. The lowest BCUT2D eigenvalue weighted by atomic mass is 9.96. The van der Waals surface area contributed by atoms with E-state index in [0.29, 0.717) is 0 Å². The topological polar surface area (TPSA) is 124 Å². The van der Waals surface area contributed by atoms with Gasteiger partial charge in [0, 0.05) is 38.4 Å². The molecule has 0 radical (unpaired) electrons. The third kappa shape index (κ3) is 8.62. The summed E-state index contributed by atoms with van der Waals surface area (Å²) in [4.78, 5) is 27.4. The Kier molecular flexibility index (Phi) is 12.0. The number of ether oxygens (including phenoxy) is 2. The van der Waals surface area contributed by atoms with E-state index in [-0.39, 0.29) is 37.7 Å². The predicted octanol–water partition coefficient (Wildman–Crippen LogP) is 2.22. The Morgan fingerprint density at radius 2 is 1.72 bits per heavy atom. The maximum atomic E-state index is 12.6. The van der Waals surface area contributed by atoms with E-state index in [0.717, 1.165) is 25.9 Å². The smallest absolute Gasteiger partial charge is 0.300 e. The van der Waals surface area contributed by atoms with Gasteiger partial charge < -0.3 is 25.0 Å². The van der Waals surface area contributed by atoms with Crippen molar-refractivity contribution in [1.29, 1.82) is 0 Å². The number of fused-ring (bicyclic) bond motifs is 1. The van der Waals surface area contributed by atoms with Crippen LogP contribution in [-0.2, 0) is 19.1 Å². The van der Waals surface area contributed by atoms with Crippen LogP contribution in [0.25, 0.3) is 10.8 Å². The molecule has 2 amide bonds. The second kappa shape index (κ2) is 14.9. The summed E-state index contributed by atoms with van der Waals surface area (Å²) >= 11 is 1.51. The summed E-state index contributed by atoms with van der Waals surface area (Å²) in [7, 11) is 0. The van der Waals surface area contributed by atoms with Gasteiger partial charge in [0.15, 0.2) is 0 Å². The molecule has 0 spiro atoms. The number of nitrogens with zero attached hydrogens (tertiary/aromatic N) is 2. The van der Waals surface area contributed by atoms with E-state index >= 15 is 0 Å². The number of likely N-dealkylation sites (tertiary alicyclic amines) is 1. The van der Waals surface area contributed by atoms with Crippen LogP contribution in [0.2, 0.25) is 0 Å². The zero-order chi connectivity index (χ0) is 28.4. The average molecular weight is 563 g/mol. The molecule has 3 rings (SSSR count). The summed E-state index contributed by atoms with van der Waals surface area (Å²) in [5.41, 5.74) is 1.33. The Balaban J connectivity index is 1.47. The molecule has 0 saturated carbocycles. The number of benzene rings is 2. The summed E-state index contributed by atoms with van der Waals surface area (Å²) < 4.78 is 12.3. The maximum Gasteiger partial charge on any atom is 0.300 e. The van der Waals surface area contributed by atoms with Crippen LogP contribution in [0.5, 0.6) is 0 Å². The van der Waals surface area contributed by atoms with Gasteiger partial charge in [0.1, 0.15) is 0 Å². The van der Waals surface area contributed by atoms with Crippen LogP contribution in [0.3, 0.4) is 0 Å². The lowest BCUT2D eigenvalue weighted by Gasteiger charge is -2.40. The van der Waals surface area contributed by atoms with Crippen molar-refractivity contribution in [2.75, 3.05) is 45.6 Å². The van der Waals surface area contributed by atoms with Crippen molar-refractivity contribution in [3.63, 3.8) is 0 Å². The highest BCUT2D eigenvalue weighted by Gasteiger charge is 2.38. The fourth-order valence-corrected chi connectivity index (χ4v) is 5.74. The number of rotatable bonds is 14. The lowest BCUT2D eigenvalue weighted by molar-refractivity contribution is -0.327. The summed E-state index contributed by atoms with van der Waals surface area (Å²) in [6.45, 7) is 7.47. The van der Waals surface area contributed by atoms with E-state index in [4.69, 9.17) is 9.47 Å². The molecule has 2 aromatic rings. The minimum absolute atomic E-state index is 0.127. The fourth-order valence-electron chi connectivity index (χ4n) is 4.98. The molecule has 2 aromatic carbocycles. The van der Waals surface area contributed by atoms with Gasteiger partial charge >= 0.3 is 5.91 Å². The van der Waals surface area contributed by atoms with Crippen molar-refractivity contribution < 1.29 is 29.3 Å². The molecule has 39 heavy (non-hydrogen) atoms. The SMILES string of the molecule is CCOC(OCC)C(O)(O)NC(=O)CNC(=O)CN(SC)C1CCN(C(C)c2cccc3ccccc23)CC1. The monoisotopic (exact) mass is 562 g/mol. The molecule has 1 aliphatic heterocycles. The third-order valence-corrected chi connectivity index (χ3v) is 7.89. The van der Waals surface area contributed by atoms with Gasteiger partial charge in [-0.15, -0.1) is 0 Å². The first-order valence-corrected chi connectivity index (χ1v) is 14.7. The normalized spacial score (nSPS) is 16.1. The molecule has 0 aromatic heterocycles. The highest BCUT2D eigenvalue weighted by Crippen LogP contribution is 2.31. The minimum atomic E-state index is -2.73. The zero-order valence-corrected chi connectivity index (χ0v) is 24.1. The maximum absolute atomic E-state index is 12.6. The molecule has 0 aliphatic carbocycles. The average Bonchev–Trinajstić information content (AvgIpc) is 2.94. The zero-order valence-electron chi connectivity index (χ0n) is 23.3. The van der Waals surface area contributed by atoms with Crippen LogP contribution in [0.4, 0.5) is 0 Å². The van der Waals surface area contributed by atoms with Crippen LogP contribution in [0.15, 0.2) is 42.5 Å². The molecular formula is C28H42N4O6S. The van der Waals surface area contributed by atoms with Crippen LogP contribution >= 0.6 is 11.9 Å². The highest BCUT2D eigenvalue weighted by atomic mass is 32.2. The summed E-state index contributed by atoms with van der Waals surface area (Å²) in [6.07, 6.45) is 2.35. The Hall–Kier alpha value is -2.25.